The molecule has 1 aliphatic heterocycles. The average molecular weight is 313 g/mol. The lowest BCUT2D eigenvalue weighted by molar-refractivity contribution is -0.113. The number of halogens is 1. The van der Waals surface area contributed by atoms with Gasteiger partial charge >= 0.3 is 0 Å². The highest BCUT2D eigenvalue weighted by molar-refractivity contribution is 6.07. The SMILES string of the molecule is CCOc1ccc2c(c1)C=C(C(=O)Nc1ccccc1F)CO2. The van der Waals surface area contributed by atoms with Crippen LogP contribution in [0.1, 0.15) is 12.5 Å². The third kappa shape index (κ3) is 3.34. The summed E-state index contributed by atoms with van der Waals surface area (Å²) in [6, 6.07) is 11.5. The molecule has 0 bridgehead atoms. The summed E-state index contributed by atoms with van der Waals surface area (Å²) >= 11 is 0. The number of carbonyl (C=O) groups excluding carboxylic acids is 1. The summed E-state index contributed by atoms with van der Waals surface area (Å²) in [4.78, 5) is 12.3. The topological polar surface area (TPSA) is 47.6 Å². The third-order valence-electron chi connectivity index (χ3n) is 3.42. The number of anilines is 1. The van der Waals surface area contributed by atoms with Gasteiger partial charge in [-0.1, -0.05) is 12.1 Å². The molecule has 2 aromatic rings. The summed E-state index contributed by atoms with van der Waals surface area (Å²) in [6.45, 7) is 2.60. The van der Waals surface area contributed by atoms with Crippen molar-refractivity contribution >= 4 is 17.7 Å². The minimum Gasteiger partial charge on any atom is -0.494 e. The van der Waals surface area contributed by atoms with Gasteiger partial charge in [-0.15, -0.1) is 0 Å². The number of hydrogen-bond acceptors (Lipinski definition) is 3. The summed E-state index contributed by atoms with van der Waals surface area (Å²) in [6.07, 6.45) is 1.73. The Bertz CT molecular complexity index is 771. The summed E-state index contributed by atoms with van der Waals surface area (Å²) in [5, 5.41) is 2.56. The molecular weight excluding hydrogens is 297 g/mol. The maximum Gasteiger partial charge on any atom is 0.255 e. The molecule has 0 aromatic heterocycles. The maximum atomic E-state index is 13.6. The minimum atomic E-state index is -0.475. The average Bonchev–Trinajstić information content (AvgIpc) is 2.56. The normalized spacial score (nSPS) is 12.7. The highest BCUT2D eigenvalue weighted by Crippen LogP contribution is 2.30. The van der Waals surface area contributed by atoms with Crippen molar-refractivity contribution in [2.75, 3.05) is 18.5 Å². The van der Waals surface area contributed by atoms with Gasteiger partial charge in [0, 0.05) is 5.56 Å². The fourth-order valence-corrected chi connectivity index (χ4v) is 2.31. The molecule has 0 spiro atoms. The molecule has 2 aromatic carbocycles. The summed E-state index contributed by atoms with van der Waals surface area (Å²) in [5.41, 5.74) is 1.34. The van der Waals surface area contributed by atoms with Crippen LogP contribution in [-0.2, 0) is 4.79 Å². The second-order valence-electron chi connectivity index (χ2n) is 5.02. The lowest BCUT2D eigenvalue weighted by atomic mass is 10.1. The Morgan fingerprint density at radius 2 is 2.13 bits per heavy atom. The largest absolute Gasteiger partial charge is 0.494 e. The number of amides is 1. The van der Waals surface area contributed by atoms with Crippen LogP contribution in [0.2, 0.25) is 0 Å². The molecule has 0 radical (unpaired) electrons. The monoisotopic (exact) mass is 313 g/mol. The number of carbonyl (C=O) groups is 1. The van der Waals surface area contributed by atoms with Crippen LogP contribution in [0, 0.1) is 5.82 Å². The Morgan fingerprint density at radius 1 is 1.30 bits per heavy atom. The summed E-state index contributed by atoms with van der Waals surface area (Å²) in [7, 11) is 0. The van der Waals surface area contributed by atoms with Crippen LogP contribution < -0.4 is 14.8 Å². The number of nitrogens with one attached hydrogen (secondary N) is 1. The zero-order valence-corrected chi connectivity index (χ0v) is 12.6. The van der Waals surface area contributed by atoms with E-state index in [0.29, 0.717) is 23.7 Å². The van der Waals surface area contributed by atoms with E-state index in [0.717, 1.165) is 5.56 Å². The highest BCUT2D eigenvalue weighted by Gasteiger charge is 2.18. The van der Waals surface area contributed by atoms with E-state index in [1.54, 1.807) is 18.2 Å². The number of fused-ring (bicyclic) bond motifs is 1. The molecule has 118 valence electrons. The first kappa shape index (κ1) is 15.1. The van der Waals surface area contributed by atoms with Crippen LogP contribution in [0.4, 0.5) is 10.1 Å². The molecule has 3 rings (SSSR count). The van der Waals surface area contributed by atoms with Crippen LogP contribution >= 0.6 is 0 Å². The number of para-hydroxylation sites is 1. The number of ether oxygens (including phenoxy) is 2. The fraction of sp³-hybridized carbons (Fsp3) is 0.167. The van der Waals surface area contributed by atoms with Crippen molar-refractivity contribution in [1.29, 1.82) is 0 Å². The van der Waals surface area contributed by atoms with Crippen LogP contribution in [0.5, 0.6) is 11.5 Å². The molecule has 4 nitrogen and oxygen atoms in total. The van der Waals surface area contributed by atoms with E-state index in [1.165, 1.54) is 12.1 Å². The fourth-order valence-electron chi connectivity index (χ4n) is 2.31. The highest BCUT2D eigenvalue weighted by atomic mass is 19.1. The molecule has 5 heteroatoms. The van der Waals surface area contributed by atoms with E-state index in [2.05, 4.69) is 5.32 Å². The molecule has 1 amide bonds. The van der Waals surface area contributed by atoms with Crippen LogP contribution in [0.25, 0.3) is 6.08 Å². The zero-order chi connectivity index (χ0) is 16.2. The molecule has 1 heterocycles. The lowest BCUT2D eigenvalue weighted by Crippen LogP contribution is -2.21. The zero-order valence-electron chi connectivity index (χ0n) is 12.6. The Hall–Kier alpha value is -2.82. The van der Waals surface area contributed by atoms with Crippen molar-refractivity contribution < 1.29 is 18.7 Å². The van der Waals surface area contributed by atoms with Crippen LogP contribution in [0.3, 0.4) is 0 Å². The molecule has 0 fully saturated rings. The van der Waals surface area contributed by atoms with E-state index >= 15 is 0 Å². The van der Waals surface area contributed by atoms with E-state index in [1.807, 2.05) is 25.1 Å². The lowest BCUT2D eigenvalue weighted by Gasteiger charge is -2.18. The molecule has 1 N–H and O–H groups in total. The third-order valence-corrected chi connectivity index (χ3v) is 3.42. The van der Waals surface area contributed by atoms with E-state index < -0.39 is 5.82 Å². The second kappa shape index (κ2) is 6.52. The Morgan fingerprint density at radius 3 is 2.91 bits per heavy atom. The van der Waals surface area contributed by atoms with Crippen molar-refractivity contribution in [2.24, 2.45) is 0 Å². The predicted molar refractivity (Wildman–Crippen MR) is 86.1 cm³/mol. The Kier molecular flexibility index (Phi) is 4.28. The molecular formula is C18H16FNO3. The molecule has 0 atom stereocenters. The van der Waals surface area contributed by atoms with Gasteiger partial charge in [-0.25, -0.2) is 4.39 Å². The van der Waals surface area contributed by atoms with Gasteiger partial charge in [0.05, 0.1) is 17.9 Å². The Labute approximate surface area is 133 Å². The van der Waals surface area contributed by atoms with Gasteiger partial charge in [0.15, 0.2) is 0 Å². The van der Waals surface area contributed by atoms with E-state index in [9.17, 15) is 9.18 Å². The standard InChI is InChI=1S/C18H16FNO3/c1-2-22-14-7-8-17-12(10-14)9-13(11-23-17)18(21)20-16-6-4-3-5-15(16)19/h3-10H,2,11H2,1H3,(H,20,21). The van der Waals surface area contributed by atoms with Gasteiger partial charge in [0.25, 0.3) is 5.91 Å². The molecule has 0 aliphatic carbocycles. The molecule has 0 unspecified atom stereocenters. The second-order valence-corrected chi connectivity index (χ2v) is 5.02. The van der Waals surface area contributed by atoms with Gasteiger partial charge in [-0.3, -0.25) is 4.79 Å². The molecule has 1 aliphatic rings. The van der Waals surface area contributed by atoms with Crippen molar-refractivity contribution in [3.63, 3.8) is 0 Å². The van der Waals surface area contributed by atoms with Gasteiger partial charge in [0.2, 0.25) is 0 Å². The van der Waals surface area contributed by atoms with E-state index in [-0.39, 0.29) is 18.2 Å². The smallest absolute Gasteiger partial charge is 0.255 e. The Balaban J connectivity index is 1.82. The number of benzene rings is 2. The van der Waals surface area contributed by atoms with Gasteiger partial charge in [0.1, 0.15) is 23.9 Å². The maximum absolute atomic E-state index is 13.6. The molecule has 23 heavy (non-hydrogen) atoms. The summed E-state index contributed by atoms with van der Waals surface area (Å²) < 4.78 is 24.6. The van der Waals surface area contributed by atoms with E-state index in [4.69, 9.17) is 9.47 Å². The minimum absolute atomic E-state index is 0.140. The quantitative estimate of drug-likeness (QED) is 0.937. The van der Waals surface area contributed by atoms with Crippen molar-refractivity contribution in [1.82, 2.24) is 0 Å². The predicted octanol–water partition coefficient (Wildman–Crippen LogP) is 3.64. The van der Waals surface area contributed by atoms with Crippen LogP contribution in [-0.4, -0.2) is 19.1 Å². The van der Waals surface area contributed by atoms with Crippen molar-refractivity contribution in [2.45, 2.75) is 6.92 Å². The first-order valence-electron chi connectivity index (χ1n) is 7.33. The first-order chi connectivity index (χ1) is 11.2. The molecule has 0 saturated heterocycles. The van der Waals surface area contributed by atoms with Gasteiger partial charge in [-0.2, -0.15) is 0 Å². The van der Waals surface area contributed by atoms with Crippen molar-refractivity contribution in [3.8, 4) is 11.5 Å². The first-order valence-corrected chi connectivity index (χ1v) is 7.33. The molecule has 0 saturated carbocycles. The van der Waals surface area contributed by atoms with Crippen LogP contribution in [0.15, 0.2) is 48.0 Å². The number of rotatable bonds is 4. The van der Waals surface area contributed by atoms with Gasteiger partial charge in [-0.05, 0) is 43.3 Å². The summed E-state index contributed by atoms with van der Waals surface area (Å²) in [5.74, 6) is 0.539. The van der Waals surface area contributed by atoms with Crippen molar-refractivity contribution in [3.05, 3.63) is 59.4 Å². The van der Waals surface area contributed by atoms with Gasteiger partial charge < -0.3 is 14.8 Å². The number of hydrogen-bond donors (Lipinski definition) is 1.